The molecule has 0 aliphatic heterocycles. The van der Waals surface area contributed by atoms with E-state index in [4.69, 9.17) is 4.74 Å². The van der Waals surface area contributed by atoms with Crippen molar-refractivity contribution in [2.45, 2.75) is 26.6 Å². The number of aromatic nitrogens is 2. The fourth-order valence-corrected chi connectivity index (χ4v) is 2.53. The van der Waals surface area contributed by atoms with Gasteiger partial charge in [0.25, 0.3) is 0 Å². The Balaban J connectivity index is 0.00000338. The largest absolute Gasteiger partial charge is 0.380 e. The van der Waals surface area contributed by atoms with Gasteiger partial charge in [-0.3, -0.25) is 4.68 Å². The molecule has 2 rings (SSSR count). The molecule has 26 heavy (non-hydrogen) atoms. The lowest BCUT2D eigenvalue weighted by molar-refractivity contribution is 0.181. The number of nitrogens with one attached hydrogen (secondary N) is 1. The number of methoxy groups -OCH3 is 1. The Hall–Kier alpha value is -1.68. The zero-order chi connectivity index (χ0) is 18.2. The van der Waals surface area contributed by atoms with E-state index < -0.39 is 0 Å². The van der Waals surface area contributed by atoms with E-state index in [0.29, 0.717) is 18.7 Å². The monoisotopic (exact) mass is 475 g/mol. The second-order valence-electron chi connectivity index (χ2n) is 5.91. The highest BCUT2D eigenvalue weighted by atomic mass is 127. The van der Waals surface area contributed by atoms with Crippen LogP contribution in [0.1, 0.15) is 23.6 Å². The maximum absolute atomic E-state index is 13.7. The molecule has 1 aromatic carbocycles. The lowest BCUT2D eigenvalue weighted by Gasteiger charge is -2.21. The number of rotatable bonds is 7. The van der Waals surface area contributed by atoms with Crippen molar-refractivity contribution in [3.8, 4) is 0 Å². The summed E-state index contributed by atoms with van der Waals surface area (Å²) in [6.45, 7) is 4.23. The number of guanidine groups is 1. The van der Waals surface area contributed by atoms with Crippen molar-refractivity contribution in [3.63, 3.8) is 0 Å². The van der Waals surface area contributed by atoms with Crippen molar-refractivity contribution in [1.82, 2.24) is 20.0 Å². The Kier molecular flexibility index (Phi) is 9.57. The standard InChI is InChI=1S/C18H26FN5O.HI/c1-5-20-18(23(2)11-15-10-22-24(3)12-15)21-9-14-6-7-17(19)16(8-14)13-25-4;/h6-8,10,12H,5,9,11,13H2,1-4H3,(H,20,21);1H. The summed E-state index contributed by atoms with van der Waals surface area (Å²) < 4.78 is 20.5. The topological polar surface area (TPSA) is 54.7 Å². The highest BCUT2D eigenvalue weighted by molar-refractivity contribution is 14.0. The fraction of sp³-hybridized carbons (Fsp3) is 0.444. The van der Waals surface area contributed by atoms with E-state index in [1.807, 2.05) is 38.3 Å². The van der Waals surface area contributed by atoms with Crippen LogP contribution in [0.5, 0.6) is 0 Å². The van der Waals surface area contributed by atoms with E-state index in [2.05, 4.69) is 15.4 Å². The molecule has 2 aromatic rings. The average molecular weight is 475 g/mol. The van der Waals surface area contributed by atoms with Crippen LogP contribution >= 0.6 is 24.0 Å². The third-order valence-electron chi connectivity index (χ3n) is 3.70. The zero-order valence-corrected chi connectivity index (χ0v) is 18.0. The van der Waals surface area contributed by atoms with Gasteiger partial charge in [-0.05, 0) is 24.6 Å². The number of nitrogens with zero attached hydrogens (tertiary/aromatic N) is 4. The van der Waals surface area contributed by atoms with Gasteiger partial charge in [0, 0.05) is 51.6 Å². The maximum atomic E-state index is 13.7. The number of aryl methyl sites for hydroxylation is 1. The van der Waals surface area contributed by atoms with Crippen LogP contribution < -0.4 is 5.32 Å². The van der Waals surface area contributed by atoms with Crippen LogP contribution in [-0.2, 0) is 31.5 Å². The van der Waals surface area contributed by atoms with Gasteiger partial charge in [-0.25, -0.2) is 9.38 Å². The first kappa shape index (κ1) is 22.4. The second kappa shape index (κ2) is 11.1. The summed E-state index contributed by atoms with van der Waals surface area (Å²) >= 11 is 0. The van der Waals surface area contributed by atoms with E-state index in [1.165, 1.54) is 6.07 Å². The van der Waals surface area contributed by atoms with Crippen molar-refractivity contribution in [1.29, 1.82) is 0 Å². The van der Waals surface area contributed by atoms with E-state index in [1.54, 1.807) is 23.9 Å². The van der Waals surface area contributed by atoms with E-state index >= 15 is 0 Å². The number of hydrogen-bond acceptors (Lipinski definition) is 3. The van der Waals surface area contributed by atoms with Crippen molar-refractivity contribution < 1.29 is 9.13 Å². The molecule has 1 N–H and O–H groups in total. The number of benzene rings is 1. The summed E-state index contributed by atoms with van der Waals surface area (Å²) in [7, 11) is 5.44. The first-order valence-electron chi connectivity index (χ1n) is 8.26. The summed E-state index contributed by atoms with van der Waals surface area (Å²) in [6, 6.07) is 5.02. The Morgan fingerprint density at radius 3 is 2.77 bits per heavy atom. The summed E-state index contributed by atoms with van der Waals surface area (Å²) in [4.78, 5) is 6.70. The summed E-state index contributed by atoms with van der Waals surface area (Å²) in [6.07, 6.45) is 3.83. The normalized spacial score (nSPS) is 11.2. The molecule has 0 atom stereocenters. The minimum atomic E-state index is -0.254. The van der Waals surface area contributed by atoms with Gasteiger partial charge in [0.05, 0.1) is 19.3 Å². The third-order valence-corrected chi connectivity index (χ3v) is 3.70. The van der Waals surface area contributed by atoms with Gasteiger partial charge in [0.2, 0.25) is 0 Å². The molecule has 1 aromatic heterocycles. The first-order chi connectivity index (χ1) is 12.0. The molecule has 144 valence electrons. The molecule has 1 heterocycles. The molecule has 0 amide bonds. The molecule has 0 saturated heterocycles. The van der Waals surface area contributed by atoms with Crippen LogP contribution in [0.15, 0.2) is 35.6 Å². The maximum Gasteiger partial charge on any atom is 0.194 e. The van der Waals surface area contributed by atoms with E-state index in [-0.39, 0.29) is 36.4 Å². The molecule has 0 unspecified atom stereocenters. The Labute approximate surface area is 171 Å². The van der Waals surface area contributed by atoms with Gasteiger partial charge in [-0.15, -0.1) is 24.0 Å². The number of ether oxygens (including phenoxy) is 1. The number of hydrogen-bond donors (Lipinski definition) is 1. The van der Waals surface area contributed by atoms with Crippen LogP contribution in [0, 0.1) is 5.82 Å². The minimum Gasteiger partial charge on any atom is -0.380 e. The zero-order valence-electron chi connectivity index (χ0n) is 15.7. The van der Waals surface area contributed by atoms with Crippen molar-refractivity contribution in [3.05, 3.63) is 53.1 Å². The summed E-state index contributed by atoms with van der Waals surface area (Å²) in [5.41, 5.74) is 2.60. The molecule has 0 fully saturated rings. The number of aliphatic imine (C=N–C) groups is 1. The van der Waals surface area contributed by atoms with Gasteiger partial charge in [-0.1, -0.05) is 6.07 Å². The Morgan fingerprint density at radius 2 is 2.15 bits per heavy atom. The van der Waals surface area contributed by atoms with E-state index in [0.717, 1.165) is 23.6 Å². The van der Waals surface area contributed by atoms with Gasteiger partial charge in [0.1, 0.15) is 5.82 Å². The molecule has 0 radical (unpaired) electrons. The highest BCUT2D eigenvalue weighted by Crippen LogP contribution is 2.13. The van der Waals surface area contributed by atoms with Gasteiger partial charge in [-0.2, -0.15) is 5.10 Å². The van der Waals surface area contributed by atoms with E-state index in [9.17, 15) is 4.39 Å². The lowest BCUT2D eigenvalue weighted by Crippen LogP contribution is -2.38. The van der Waals surface area contributed by atoms with Crippen LogP contribution in [0.25, 0.3) is 0 Å². The van der Waals surface area contributed by atoms with Crippen molar-refractivity contribution in [2.24, 2.45) is 12.0 Å². The molecule has 0 aliphatic carbocycles. The molecule has 0 saturated carbocycles. The number of halogens is 2. The quantitative estimate of drug-likeness (QED) is 0.380. The SMILES string of the molecule is CCNC(=NCc1ccc(F)c(COC)c1)N(C)Cc1cnn(C)c1.I. The van der Waals surface area contributed by atoms with Gasteiger partial charge < -0.3 is 15.0 Å². The third kappa shape index (κ3) is 6.56. The fourth-order valence-electron chi connectivity index (χ4n) is 2.53. The Morgan fingerprint density at radius 1 is 1.38 bits per heavy atom. The van der Waals surface area contributed by atoms with Crippen molar-refractivity contribution in [2.75, 3.05) is 20.7 Å². The summed E-state index contributed by atoms with van der Waals surface area (Å²) in [5, 5.41) is 7.47. The molecule has 0 spiro atoms. The first-order valence-corrected chi connectivity index (χ1v) is 8.26. The van der Waals surface area contributed by atoms with Gasteiger partial charge in [0.15, 0.2) is 5.96 Å². The smallest absolute Gasteiger partial charge is 0.194 e. The predicted octanol–water partition coefficient (Wildman–Crippen LogP) is 2.92. The molecule has 8 heteroatoms. The van der Waals surface area contributed by atoms with Crippen LogP contribution in [0.4, 0.5) is 4.39 Å². The molecular formula is C18H27FIN5O. The molecule has 0 aliphatic rings. The second-order valence-corrected chi connectivity index (χ2v) is 5.91. The lowest BCUT2D eigenvalue weighted by atomic mass is 10.1. The van der Waals surface area contributed by atoms with Gasteiger partial charge >= 0.3 is 0 Å². The summed E-state index contributed by atoms with van der Waals surface area (Å²) in [5.74, 6) is 0.541. The predicted molar refractivity (Wildman–Crippen MR) is 112 cm³/mol. The molecule has 0 bridgehead atoms. The van der Waals surface area contributed by atoms with Crippen LogP contribution in [0.2, 0.25) is 0 Å². The molecular weight excluding hydrogens is 448 g/mol. The van der Waals surface area contributed by atoms with Crippen molar-refractivity contribution >= 4 is 29.9 Å². The average Bonchev–Trinajstić information content (AvgIpc) is 2.99. The molecule has 6 nitrogen and oxygen atoms in total. The highest BCUT2D eigenvalue weighted by Gasteiger charge is 2.08. The van der Waals surface area contributed by atoms with Crippen LogP contribution in [0.3, 0.4) is 0 Å². The Bertz CT molecular complexity index is 719. The minimum absolute atomic E-state index is 0. The van der Waals surface area contributed by atoms with Crippen LogP contribution in [-0.4, -0.2) is 41.3 Å².